The molecule has 1 aliphatic heterocycles. The molecule has 0 spiro atoms. The van der Waals surface area contributed by atoms with Crippen LogP contribution in [0.1, 0.15) is 33.6 Å². The van der Waals surface area contributed by atoms with Crippen LogP contribution in [0, 0.1) is 5.92 Å². The Kier molecular flexibility index (Phi) is 7.70. The molecule has 0 aliphatic carbocycles. The van der Waals surface area contributed by atoms with E-state index in [1.807, 2.05) is 6.92 Å². The number of likely N-dealkylation sites (tertiary alicyclic amines) is 1. The standard InChI is InChI=1S/C15H25N3O4S/c1-4-5-18-13(20)6-12(15(18)22)23-8-10(16)14(21)17-7-11(19)9(2)3/h9-10,12H,4-8,16H2,1-3H3,(H,17,21)/t10-,12?/m0/s1. The van der Waals surface area contributed by atoms with Gasteiger partial charge in [-0.05, 0) is 6.42 Å². The molecule has 1 rings (SSSR count). The zero-order chi connectivity index (χ0) is 17.6. The zero-order valence-electron chi connectivity index (χ0n) is 13.8. The van der Waals surface area contributed by atoms with Gasteiger partial charge in [-0.15, -0.1) is 11.8 Å². The topological polar surface area (TPSA) is 110 Å². The van der Waals surface area contributed by atoms with E-state index in [4.69, 9.17) is 5.73 Å². The van der Waals surface area contributed by atoms with E-state index < -0.39 is 17.2 Å². The summed E-state index contributed by atoms with van der Waals surface area (Å²) < 4.78 is 0. The molecule has 0 aromatic carbocycles. The average Bonchev–Trinajstić information content (AvgIpc) is 2.77. The number of hydrogen-bond acceptors (Lipinski definition) is 6. The number of carbonyl (C=O) groups excluding carboxylic acids is 4. The molecule has 0 aromatic rings. The molecular weight excluding hydrogens is 318 g/mol. The van der Waals surface area contributed by atoms with Crippen LogP contribution >= 0.6 is 11.8 Å². The molecule has 8 heteroatoms. The maximum absolute atomic E-state index is 12.1. The lowest BCUT2D eigenvalue weighted by atomic mass is 10.1. The molecule has 130 valence electrons. The number of imide groups is 1. The Morgan fingerprint density at radius 3 is 2.61 bits per heavy atom. The summed E-state index contributed by atoms with van der Waals surface area (Å²) >= 11 is 1.22. The number of nitrogens with one attached hydrogen (secondary N) is 1. The van der Waals surface area contributed by atoms with Crippen molar-refractivity contribution in [2.45, 2.75) is 44.9 Å². The highest BCUT2D eigenvalue weighted by molar-refractivity contribution is 8.00. The van der Waals surface area contributed by atoms with Crippen molar-refractivity contribution in [2.24, 2.45) is 11.7 Å². The zero-order valence-corrected chi connectivity index (χ0v) is 14.6. The SMILES string of the molecule is CCCN1C(=O)CC(SC[C@H](N)C(=O)NCC(=O)C(C)C)C1=O. The van der Waals surface area contributed by atoms with Crippen LogP contribution in [0.25, 0.3) is 0 Å². The largest absolute Gasteiger partial charge is 0.348 e. The molecule has 3 amide bonds. The van der Waals surface area contributed by atoms with E-state index in [-0.39, 0.29) is 42.2 Å². The third kappa shape index (κ3) is 5.62. The number of Topliss-reactive ketones (excluding diaryl/α,β-unsaturated/α-hetero) is 1. The highest BCUT2D eigenvalue weighted by Crippen LogP contribution is 2.25. The van der Waals surface area contributed by atoms with Crippen LogP contribution in [-0.2, 0) is 19.2 Å². The highest BCUT2D eigenvalue weighted by Gasteiger charge is 2.38. The van der Waals surface area contributed by atoms with Gasteiger partial charge >= 0.3 is 0 Å². The second-order valence-corrected chi connectivity index (χ2v) is 7.09. The summed E-state index contributed by atoms with van der Waals surface area (Å²) in [6.07, 6.45) is 0.879. The molecule has 0 aromatic heterocycles. The van der Waals surface area contributed by atoms with Crippen LogP contribution in [0.4, 0.5) is 0 Å². The van der Waals surface area contributed by atoms with Crippen molar-refractivity contribution in [1.29, 1.82) is 0 Å². The second-order valence-electron chi connectivity index (χ2n) is 5.86. The first-order chi connectivity index (χ1) is 10.8. The van der Waals surface area contributed by atoms with Crippen molar-refractivity contribution in [2.75, 3.05) is 18.8 Å². The van der Waals surface area contributed by atoms with Crippen LogP contribution < -0.4 is 11.1 Å². The molecule has 1 fully saturated rings. The van der Waals surface area contributed by atoms with Gasteiger partial charge in [-0.1, -0.05) is 20.8 Å². The Bertz CT molecular complexity index is 481. The monoisotopic (exact) mass is 343 g/mol. The molecule has 1 unspecified atom stereocenters. The maximum atomic E-state index is 12.1. The molecule has 0 radical (unpaired) electrons. The van der Waals surface area contributed by atoms with Crippen LogP contribution in [0.15, 0.2) is 0 Å². The minimum atomic E-state index is -0.817. The number of ketones is 1. The summed E-state index contributed by atoms with van der Waals surface area (Å²) in [4.78, 5) is 48.4. The lowest BCUT2D eigenvalue weighted by Crippen LogP contribution is -2.45. The van der Waals surface area contributed by atoms with Gasteiger partial charge in [-0.25, -0.2) is 0 Å². The fraction of sp³-hybridized carbons (Fsp3) is 0.733. The Balaban J connectivity index is 2.40. The van der Waals surface area contributed by atoms with Crippen LogP contribution in [0.5, 0.6) is 0 Å². The van der Waals surface area contributed by atoms with Crippen LogP contribution in [0.2, 0.25) is 0 Å². The molecule has 23 heavy (non-hydrogen) atoms. The molecule has 1 aliphatic rings. The third-order valence-corrected chi connectivity index (χ3v) is 4.87. The summed E-state index contributed by atoms with van der Waals surface area (Å²) in [7, 11) is 0. The lowest BCUT2D eigenvalue weighted by Gasteiger charge is -2.15. The van der Waals surface area contributed by atoms with Crippen LogP contribution in [-0.4, -0.2) is 58.5 Å². The van der Waals surface area contributed by atoms with Crippen molar-refractivity contribution >= 4 is 35.3 Å². The summed E-state index contributed by atoms with van der Waals surface area (Å²) in [6, 6.07) is -0.817. The number of carbonyl (C=O) groups is 4. The fourth-order valence-corrected chi connectivity index (χ4v) is 3.17. The first-order valence-corrected chi connectivity index (χ1v) is 8.84. The molecule has 3 N–H and O–H groups in total. The Labute approximate surface area is 140 Å². The first kappa shape index (κ1) is 19.6. The normalized spacial score (nSPS) is 19.3. The summed E-state index contributed by atoms with van der Waals surface area (Å²) in [5, 5.41) is 2.03. The van der Waals surface area contributed by atoms with Gasteiger partial charge in [-0.2, -0.15) is 0 Å². The molecule has 1 heterocycles. The summed E-state index contributed by atoms with van der Waals surface area (Å²) in [6.45, 7) is 5.81. The second kappa shape index (κ2) is 9.02. The van der Waals surface area contributed by atoms with Crippen molar-refractivity contribution < 1.29 is 19.2 Å². The number of nitrogens with zero attached hydrogens (tertiary/aromatic N) is 1. The molecule has 0 saturated carbocycles. The predicted molar refractivity (Wildman–Crippen MR) is 88.7 cm³/mol. The molecular formula is C15H25N3O4S. The Morgan fingerprint density at radius 2 is 2.04 bits per heavy atom. The van der Waals surface area contributed by atoms with Gasteiger partial charge in [-0.3, -0.25) is 24.1 Å². The van der Waals surface area contributed by atoms with Gasteiger partial charge in [0.1, 0.15) is 0 Å². The Hall–Kier alpha value is -1.41. The van der Waals surface area contributed by atoms with Gasteiger partial charge < -0.3 is 11.1 Å². The van der Waals surface area contributed by atoms with Crippen LogP contribution in [0.3, 0.4) is 0 Å². The molecule has 2 atom stereocenters. The van der Waals surface area contributed by atoms with Gasteiger partial charge in [0, 0.05) is 24.6 Å². The number of rotatable bonds is 9. The quantitative estimate of drug-likeness (QED) is 0.567. The van der Waals surface area contributed by atoms with Gasteiger partial charge in [0.25, 0.3) is 0 Å². The predicted octanol–water partition coefficient (Wildman–Crippen LogP) is -0.0743. The van der Waals surface area contributed by atoms with E-state index in [1.54, 1.807) is 13.8 Å². The van der Waals surface area contributed by atoms with Gasteiger partial charge in [0.2, 0.25) is 17.7 Å². The summed E-state index contributed by atoms with van der Waals surface area (Å²) in [5.41, 5.74) is 5.78. The van der Waals surface area contributed by atoms with E-state index in [2.05, 4.69) is 5.32 Å². The number of hydrogen-bond donors (Lipinski definition) is 2. The third-order valence-electron chi connectivity index (χ3n) is 3.54. The van der Waals surface area contributed by atoms with Crippen molar-refractivity contribution in [3.8, 4) is 0 Å². The van der Waals surface area contributed by atoms with E-state index in [9.17, 15) is 19.2 Å². The minimum Gasteiger partial charge on any atom is -0.348 e. The molecule has 0 bridgehead atoms. The first-order valence-electron chi connectivity index (χ1n) is 7.79. The highest BCUT2D eigenvalue weighted by atomic mass is 32.2. The molecule has 7 nitrogen and oxygen atoms in total. The van der Waals surface area contributed by atoms with Gasteiger partial charge in [0.15, 0.2) is 5.78 Å². The Morgan fingerprint density at radius 1 is 1.39 bits per heavy atom. The smallest absolute Gasteiger partial charge is 0.242 e. The van der Waals surface area contributed by atoms with Gasteiger partial charge in [0.05, 0.1) is 17.8 Å². The number of nitrogens with two attached hydrogens (primary N) is 1. The van der Waals surface area contributed by atoms with E-state index in [0.29, 0.717) is 6.54 Å². The van der Waals surface area contributed by atoms with Crippen molar-refractivity contribution in [3.63, 3.8) is 0 Å². The van der Waals surface area contributed by atoms with Crippen molar-refractivity contribution in [3.05, 3.63) is 0 Å². The fourth-order valence-electron chi connectivity index (χ4n) is 2.05. The maximum Gasteiger partial charge on any atom is 0.242 e. The summed E-state index contributed by atoms with van der Waals surface area (Å²) in [5.74, 6) is -0.781. The van der Waals surface area contributed by atoms with E-state index >= 15 is 0 Å². The van der Waals surface area contributed by atoms with E-state index in [1.165, 1.54) is 16.7 Å². The number of amides is 3. The minimum absolute atomic E-state index is 0.0417. The lowest BCUT2D eigenvalue weighted by molar-refractivity contribution is -0.138. The number of thioether (sulfide) groups is 1. The average molecular weight is 343 g/mol. The van der Waals surface area contributed by atoms with E-state index in [0.717, 1.165) is 6.42 Å². The van der Waals surface area contributed by atoms with Crippen molar-refractivity contribution in [1.82, 2.24) is 10.2 Å². The molecule has 1 saturated heterocycles.